The minimum atomic E-state index is -4.53. The zero-order valence-corrected chi connectivity index (χ0v) is 18.8. The maximum absolute atomic E-state index is 12.9. The number of allylic oxidation sites excluding steroid dienone is 1. The minimum absolute atomic E-state index is 0.0210. The standard InChI is InChI=1S/C20H18ClF3N4OS2/c1-3-7-28-18(12-8-14(4-2)30-10-12)26-27-19(28)31-11-17(29)25-16-9-13(20(22,23)24)5-6-15(16)21/h3,5-6,8-10H,1,4,7,11H2,2H3,(H,25,29). The molecule has 0 saturated carbocycles. The first-order chi connectivity index (χ1) is 14.7. The smallest absolute Gasteiger partial charge is 0.324 e. The largest absolute Gasteiger partial charge is 0.416 e. The van der Waals surface area contributed by atoms with E-state index in [9.17, 15) is 18.0 Å². The van der Waals surface area contributed by atoms with E-state index in [0.717, 1.165) is 41.9 Å². The summed E-state index contributed by atoms with van der Waals surface area (Å²) >= 11 is 8.69. The molecule has 3 rings (SSSR count). The Balaban J connectivity index is 1.73. The number of aromatic nitrogens is 3. The second kappa shape index (κ2) is 9.88. The molecule has 1 amide bonds. The number of alkyl halides is 3. The van der Waals surface area contributed by atoms with Gasteiger partial charge in [-0.3, -0.25) is 9.36 Å². The average molecular weight is 487 g/mol. The number of thioether (sulfide) groups is 1. The lowest BCUT2D eigenvalue weighted by atomic mass is 10.2. The van der Waals surface area contributed by atoms with Gasteiger partial charge in [0, 0.05) is 22.4 Å². The van der Waals surface area contributed by atoms with Gasteiger partial charge in [-0.2, -0.15) is 13.2 Å². The number of hydrogen-bond acceptors (Lipinski definition) is 5. The highest BCUT2D eigenvalue weighted by Crippen LogP contribution is 2.34. The van der Waals surface area contributed by atoms with Crippen LogP contribution in [0.2, 0.25) is 5.02 Å². The Morgan fingerprint density at radius 3 is 2.77 bits per heavy atom. The number of anilines is 1. The van der Waals surface area contributed by atoms with Crippen LogP contribution in [-0.2, 0) is 23.9 Å². The van der Waals surface area contributed by atoms with Crippen molar-refractivity contribution in [2.75, 3.05) is 11.1 Å². The fraction of sp³-hybridized carbons (Fsp3) is 0.250. The number of aryl methyl sites for hydroxylation is 1. The van der Waals surface area contributed by atoms with Gasteiger partial charge in [-0.25, -0.2) is 0 Å². The molecule has 3 aromatic rings. The molecule has 0 aliphatic rings. The molecule has 11 heteroatoms. The molecule has 0 saturated heterocycles. The predicted octanol–water partition coefficient (Wildman–Crippen LogP) is 6.16. The van der Waals surface area contributed by atoms with Gasteiger partial charge in [0.25, 0.3) is 0 Å². The normalized spacial score (nSPS) is 11.5. The molecule has 0 spiro atoms. The summed E-state index contributed by atoms with van der Waals surface area (Å²) in [6, 6.07) is 4.82. The number of benzene rings is 1. The van der Waals surface area contributed by atoms with E-state index < -0.39 is 17.6 Å². The molecule has 1 N–H and O–H groups in total. The third-order valence-corrected chi connectivity index (χ3v) is 6.57. The average Bonchev–Trinajstić information content (AvgIpc) is 3.34. The number of hydrogen-bond donors (Lipinski definition) is 1. The molecule has 164 valence electrons. The van der Waals surface area contributed by atoms with E-state index in [1.807, 2.05) is 16.0 Å². The summed E-state index contributed by atoms with van der Waals surface area (Å²) in [7, 11) is 0. The molecule has 0 unspecified atom stereocenters. The lowest BCUT2D eigenvalue weighted by Crippen LogP contribution is -2.16. The van der Waals surface area contributed by atoms with Crippen LogP contribution < -0.4 is 5.32 Å². The fourth-order valence-corrected chi connectivity index (χ4v) is 4.43. The Hall–Kier alpha value is -2.30. The minimum Gasteiger partial charge on any atom is -0.324 e. The van der Waals surface area contributed by atoms with Gasteiger partial charge in [-0.05, 0) is 30.7 Å². The van der Waals surface area contributed by atoms with Crippen molar-refractivity contribution in [3.05, 3.63) is 57.8 Å². The van der Waals surface area contributed by atoms with Crippen molar-refractivity contribution in [3.8, 4) is 11.4 Å². The molecule has 0 atom stereocenters. The van der Waals surface area contributed by atoms with E-state index >= 15 is 0 Å². The lowest BCUT2D eigenvalue weighted by molar-refractivity contribution is -0.137. The molecule has 5 nitrogen and oxygen atoms in total. The second-order valence-corrected chi connectivity index (χ2v) is 8.74. The number of nitrogens with one attached hydrogen (secondary N) is 1. The van der Waals surface area contributed by atoms with Crippen LogP contribution in [0.4, 0.5) is 18.9 Å². The summed E-state index contributed by atoms with van der Waals surface area (Å²) in [6.07, 6.45) is -1.91. The molecule has 0 bridgehead atoms. The van der Waals surface area contributed by atoms with Gasteiger partial charge in [0.2, 0.25) is 5.91 Å². The fourth-order valence-electron chi connectivity index (χ4n) is 2.70. The topological polar surface area (TPSA) is 59.8 Å². The number of nitrogens with zero attached hydrogens (tertiary/aromatic N) is 3. The Labute approximate surface area is 190 Å². The summed E-state index contributed by atoms with van der Waals surface area (Å²) in [5, 5.41) is 13.4. The SMILES string of the molecule is C=CCn1c(SCC(=O)Nc2cc(C(F)(F)F)ccc2Cl)nnc1-c1csc(CC)c1. The van der Waals surface area contributed by atoms with E-state index in [1.165, 1.54) is 4.88 Å². The monoisotopic (exact) mass is 486 g/mol. The summed E-state index contributed by atoms with van der Waals surface area (Å²) in [5.74, 6) is 0.0792. The Morgan fingerprint density at radius 1 is 1.35 bits per heavy atom. The second-order valence-electron chi connectivity index (χ2n) is 6.39. The van der Waals surface area contributed by atoms with Crippen LogP contribution in [0.15, 0.2) is 47.5 Å². The van der Waals surface area contributed by atoms with E-state index in [0.29, 0.717) is 17.5 Å². The molecule has 1 aromatic carbocycles. The molecule has 2 aromatic heterocycles. The highest BCUT2D eigenvalue weighted by Gasteiger charge is 2.31. The summed E-state index contributed by atoms with van der Waals surface area (Å²) in [5.41, 5.74) is -0.0543. The number of amides is 1. The van der Waals surface area contributed by atoms with Crippen molar-refractivity contribution < 1.29 is 18.0 Å². The Kier molecular flexibility index (Phi) is 7.45. The van der Waals surface area contributed by atoms with Crippen molar-refractivity contribution >= 4 is 46.3 Å². The van der Waals surface area contributed by atoms with Crippen molar-refractivity contribution in [1.29, 1.82) is 0 Å². The van der Waals surface area contributed by atoms with Gasteiger partial charge >= 0.3 is 6.18 Å². The van der Waals surface area contributed by atoms with Gasteiger partial charge in [-0.1, -0.05) is 36.4 Å². The molecule has 0 aliphatic heterocycles. The lowest BCUT2D eigenvalue weighted by Gasteiger charge is -2.11. The number of rotatable bonds is 8. The molecule has 0 radical (unpaired) electrons. The zero-order valence-electron chi connectivity index (χ0n) is 16.4. The first-order valence-corrected chi connectivity index (χ1v) is 11.4. The van der Waals surface area contributed by atoms with Crippen LogP contribution in [-0.4, -0.2) is 26.4 Å². The van der Waals surface area contributed by atoms with Gasteiger partial charge in [-0.15, -0.1) is 28.1 Å². The number of carbonyl (C=O) groups is 1. The molecule has 31 heavy (non-hydrogen) atoms. The molecule has 2 heterocycles. The number of halogens is 4. The summed E-state index contributed by atoms with van der Waals surface area (Å²) in [4.78, 5) is 13.6. The van der Waals surface area contributed by atoms with Crippen molar-refractivity contribution in [2.45, 2.75) is 31.2 Å². The van der Waals surface area contributed by atoms with Crippen molar-refractivity contribution in [1.82, 2.24) is 14.8 Å². The van der Waals surface area contributed by atoms with Crippen LogP contribution in [0.5, 0.6) is 0 Å². The number of thiophene rings is 1. The van der Waals surface area contributed by atoms with E-state index in [2.05, 4.69) is 29.0 Å². The number of carbonyl (C=O) groups excluding carboxylic acids is 1. The third kappa shape index (κ3) is 5.69. The molecular formula is C20H18ClF3N4OS2. The summed E-state index contributed by atoms with van der Waals surface area (Å²) in [6.45, 7) is 6.27. The highest BCUT2D eigenvalue weighted by atomic mass is 35.5. The maximum atomic E-state index is 12.9. The zero-order chi connectivity index (χ0) is 22.6. The molecular weight excluding hydrogens is 469 g/mol. The Morgan fingerprint density at radius 2 is 2.13 bits per heavy atom. The molecule has 0 fully saturated rings. The van der Waals surface area contributed by atoms with Gasteiger partial charge in [0.05, 0.1) is 22.0 Å². The van der Waals surface area contributed by atoms with Crippen LogP contribution in [0, 0.1) is 0 Å². The highest BCUT2D eigenvalue weighted by molar-refractivity contribution is 7.99. The molecule has 0 aliphatic carbocycles. The van der Waals surface area contributed by atoms with Crippen molar-refractivity contribution in [3.63, 3.8) is 0 Å². The van der Waals surface area contributed by atoms with Gasteiger partial charge < -0.3 is 5.32 Å². The Bertz CT molecular complexity index is 1090. The van der Waals surface area contributed by atoms with E-state index in [4.69, 9.17) is 11.6 Å². The van der Waals surface area contributed by atoms with E-state index in [1.54, 1.807) is 17.4 Å². The summed E-state index contributed by atoms with van der Waals surface area (Å²) < 4.78 is 40.6. The van der Waals surface area contributed by atoms with Crippen LogP contribution >= 0.6 is 34.7 Å². The first kappa shape index (κ1) is 23.4. The first-order valence-electron chi connectivity index (χ1n) is 9.14. The predicted molar refractivity (Wildman–Crippen MR) is 119 cm³/mol. The van der Waals surface area contributed by atoms with Gasteiger partial charge in [0.15, 0.2) is 11.0 Å². The van der Waals surface area contributed by atoms with Gasteiger partial charge in [0.1, 0.15) is 0 Å². The van der Waals surface area contributed by atoms with Crippen LogP contribution in [0.1, 0.15) is 17.4 Å². The quantitative estimate of drug-likeness (QED) is 0.306. The van der Waals surface area contributed by atoms with Crippen LogP contribution in [0.25, 0.3) is 11.4 Å². The van der Waals surface area contributed by atoms with Crippen molar-refractivity contribution in [2.24, 2.45) is 0 Å². The van der Waals surface area contributed by atoms with E-state index in [-0.39, 0.29) is 16.5 Å². The maximum Gasteiger partial charge on any atom is 0.416 e. The third-order valence-electron chi connectivity index (χ3n) is 4.19. The van der Waals surface area contributed by atoms with Crippen LogP contribution in [0.3, 0.4) is 0 Å².